The zero-order valence-electron chi connectivity index (χ0n) is 7.99. The highest BCUT2D eigenvalue weighted by Crippen LogP contribution is 1.96. The van der Waals surface area contributed by atoms with Gasteiger partial charge in [-0.05, 0) is 6.42 Å². The Kier molecular flexibility index (Phi) is 3.64. The molecular weight excluding hydrogens is 168 g/mol. The summed E-state index contributed by atoms with van der Waals surface area (Å²) in [7, 11) is 1.79. The fourth-order valence-electron chi connectivity index (χ4n) is 1.01. The first-order valence-electron chi connectivity index (χ1n) is 4.34. The van der Waals surface area contributed by atoms with Crippen molar-refractivity contribution in [2.45, 2.75) is 13.3 Å². The molecule has 4 heteroatoms. The molecule has 0 amide bonds. The maximum Gasteiger partial charge on any atom is 0.223 e. The Bertz CT molecular complexity index is 281. The van der Waals surface area contributed by atoms with Crippen LogP contribution in [0, 0.1) is 0 Å². The molecule has 0 atom stereocenters. The summed E-state index contributed by atoms with van der Waals surface area (Å²) in [6.07, 6.45) is 4.27. The van der Waals surface area contributed by atoms with Gasteiger partial charge in [0.15, 0.2) is 5.82 Å². The molecule has 0 saturated heterocycles. The van der Waals surface area contributed by atoms with Crippen molar-refractivity contribution in [1.29, 1.82) is 0 Å². The third-order valence-electron chi connectivity index (χ3n) is 1.65. The number of ether oxygens (including phenoxy) is 1. The lowest BCUT2D eigenvalue weighted by Gasteiger charge is -2.01. The first-order chi connectivity index (χ1) is 6.25. The summed E-state index contributed by atoms with van der Waals surface area (Å²) in [4.78, 5) is 15.3. The molecular formula is C9H14N2O2. The summed E-state index contributed by atoms with van der Waals surface area (Å²) in [6.45, 7) is 2.75. The maximum absolute atomic E-state index is 11.4. The van der Waals surface area contributed by atoms with Crippen molar-refractivity contribution in [2.75, 3.05) is 13.2 Å². The van der Waals surface area contributed by atoms with E-state index in [9.17, 15) is 4.79 Å². The van der Waals surface area contributed by atoms with Gasteiger partial charge in [-0.2, -0.15) is 0 Å². The number of ketones is 1. The summed E-state index contributed by atoms with van der Waals surface area (Å²) in [5, 5.41) is 0. The zero-order chi connectivity index (χ0) is 9.68. The van der Waals surface area contributed by atoms with Gasteiger partial charge in [0.2, 0.25) is 5.78 Å². The zero-order valence-corrected chi connectivity index (χ0v) is 7.99. The highest BCUT2D eigenvalue weighted by atomic mass is 16.5. The van der Waals surface area contributed by atoms with Crippen molar-refractivity contribution in [3.05, 3.63) is 18.2 Å². The van der Waals surface area contributed by atoms with Crippen LogP contribution >= 0.6 is 0 Å². The number of Topliss-reactive ketones (excluding diaryl/α,β-unsaturated/α-hetero) is 1. The number of aromatic nitrogens is 2. The van der Waals surface area contributed by atoms with Gasteiger partial charge in [0, 0.05) is 26.0 Å². The molecule has 1 aromatic rings. The molecule has 0 aromatic carbocycles. The van der Waals surface area contributed by atoms with Crippen LogP contribution in [-0.2, 0) is 11.8 Å². The van der Waals surface area contributed by atoms with Crippen molar-refractivity contribution >= 4 is 5.78 Å². The molecule has 1 rings (SSSR count). The summed E-state index contributed by atoms with van der Waals surface area (Å²) < 4.78 is 6.81. The molecule has 1 heterocycles. The number of rotatable bonds is 5. The van der Waals surface area contributed by atoms with E-state index in [4.69, 9.17) is 4.74 Å². The minimum Gasteiger partial charge on any atom is -0.373 e. The Labute approximate surface area is 77.5 Å². The Morgan fingerprint density at radius 3 is 3.00 bits per heavy atom. The summed E-state index contributed by atoms with van der Waals surface area (Å²) in [6, 6.07) is 0. The molecule has 0 fully saturated rings. The molecule has 0 aliphatic heterocycles. The summed E-state index contributed by atoms with van der Waals surface area (Å²) in [5.41, 5.74) is 0. The molecule has 0 aliphatic carbocycles. The average Bonchev–Trinajstić information content (AvgIpc) is 2.52. The van der Waals surface area contributed by atoms with Gasteiger partial charge in [0.05, 0.1) is 0 Å². The molecule has 1 aromatic heterocycles. The van der Waals surface area contributed by atoms with Crippen LogP contribution in [0.5, 0.6) is 0 Å². The summed E-state index contributed by atoms with van der Waals surface area (Å²) in [5.74, 6) is 0.386. The van der Waals surface area contributed by atoms with Gasteiger partial charge in [0.25, 0.3) is 0 Å². The van der Waals surface area contributed by atoms with Gasteiger partial charge < -0.3 is 9.30 Å². The van der Waals surface area contributed by atoms with Crippen LogP contribution in [0.25, 0.3) is 0 Å². The molecule has 72 valence electrons. The molecule has 0 N–H and O–H groups in total. The van der Waals surface area contributed by atoms with E-state index in [0.717, 1.165) is 6.42 Å². The number of nitrogens with zero attached hydrogens (tertiary/aromatic N) is 2. The summed E-state index contributed by atoms with van der Waals surface area (Å²) >= 11 is 0. The van der Waals surface area contributed by atoms with Gasteiger partial charge in [-0.1, -0.05) is 6.92 Å². The molecule has 0 radical (unpaired) electrons. The molecule has 0 unspecified atom stereocenters. The van der Waals surface area contributed by atoms with Crippen molar-refractivity contribution in [1.82, 2.24) is 9.55 Å². The van der Waals surface area contributed by atoms with Gasteiger partial charge in [-0.3, -0.25) is 4.79 Å². The fraction of sp³-hybridized carbons (Fsp3) is 0.556. The first-order valence-corrected chi connectivity index (χ1v) is 4.34. The number of aryl methyl sites for hydroxylation is 1. The molecule has 0 saturated carbocycles. The van der Waals surface area contributed by atoms with Gasteiger partial charge in [-0.15, -0.1) is 0 Å². The van der Waals surface area contributed by atoms with Crippen molar-refractivity contribution in [2.24, 2.45) is 7.05 Å². The van der Waals surface area contributed by atoms with Crippen LogP contribution in [0.1, 0.15) is 24.0 Å². The number of hydrogen-bond acceptors (Lipinski definition) is 3. The van der Waals surface area contributed by atoms with Crippen LogP contribution < -0.4 is 0 Å². The van der Waals surface area contributed by atoms with E-state index in [-0.39, 0.29) is 12.4 Å². The van der Waals surface area contributed by atoms with Gasteiger partial charge >= 0.3 is 0 Å². The number of carbonyl (C=O) groups excluding carboxylic acids is 1. The number of hydrogen-bond donors (Lipinski definition) is 0. The maximum atomic E-state index is 11.4. The van der Waals surface area contributed by atoms with Gasteiger partial charge in [-0.25, -0.2) is 4.98 Å². The van der Waals surface area contributed by atoms with Crippen LogP contribution in [0.2, 0.25) is 0 Å². The molecule has 0 aliphatic rings. The van der Waals surface area contributed by atoms with Gasteiger partial charge in [0.1, 0.15) is 6.61 Å². The van der Waals surface area contributed by atoms with Crippen molar-refractivity contribution in [3.63, 3.8) is 0 Å². The molecule has 4 nitrogen and oxygen atoms in total. The molecule has 0 spiro atoms. The van der Waals surface area contributed by atoms with Crippen LogP contribution in [0.15, 0.2) is 12.4 Å². The molecule has 0 bridgehead atoms. The quantitative estimate of drug-likeness (QED) is 0.504. The van der Waals surface area contributed by atoms with Crippen LogP contribution in [0.3, 0.4) is 0 Å². The minimum absolute atomic E-state index is 0.0686. The Hall–Kier alpha value is -1.16. The van der Waals surface area contributed by atoms with E-state index in [1.807, 2.05) is 6.92 Å². The van der Waals surface area contributed by atoms with E-state index in [2.05, 4.69) is 4.98 Å². The second-order valence-electron chi connectivity index (χ2n) is 2.84. The Balaban J connectivity index is 2.45. The van der Waals surface area contributed by atoms with E-state index >= 15 is 0 Å². The van der Waals surface area contributed by atoms with E-state index in [0.29, 0.717) is 12.4 Å². The van der Waals surface area contributed by atoms with E-state index in [1.54, 1.807) is 24.0 Å². The first kappa shape index (κ1) is 9.92. The third-order valence-corrected chi connectivity index (χ3v) is 1.65. The second kappa shape index (κ2) is 4.77. The minimum atomic E-state index is -0.0686. The van der Waals surface area contributed by atoms with Crippen LogP contribution in [-0.4, -0.2) is 28.5 Å². The average molecular weight is 182 g/mol. The predicted molar refractivity (Wildman–Crippen MR) is 48.6 cm³/mol. The fourth-order valence-corrected chi connectivity index (χ4v) is 1.01. The van der Waals surface area contributed by atoms with E-state index < -0.39 is 0 Å². The third kappa shape index (κ3) is 2.66. The lowest BCUT2D eigenvalue weighted by Crippen LogP contribution is -2.14. The monoisotopic (exact) mass is 182 g/mol. The SMILES string of the molecule is CCCOCC(=O)c1nccn1C. The van der Waals surface area contributed by atoms with Crippen molar-refractivity contribution in [3.8, 4) is 0 Å². The predicted octanol–water partition coefficient (Wildman–Crippen LogP) is 1.03. The Morgan fingerprint density at radius 2 is 2.46 bits per heavy atom. The number of imidazole rings is 1. The van der Waals surface area contributed by atoms with Crippen molar-refractivity contribution < 1.29 is 9.53 Å². The normalized spacial score (nSPS) is 10.3. The molecule has 13 heavy (non-hydrogen) atoms. The largest absolute Gasteiger partial charge is 0.373 e. The standard InChI is InChI=1S/C9H14N2O2/c1-3-6-13-7-8(12)9-10-4-5-11(9)2/h4-5H,3,6-7H2,1-2H3. The highest BCUT2D eigenvalue weighted by Gasteiger charge is 2.09. The highest BCUT2D eigenvalue weighted by molar-refractivity contribution is 5.93. The lowest BCUT2D eigenvalue weighted by molar-refractivity contribution is 0.0748. The number of carbonyl (C=O) groups is 1. The Morgan fingerprint density at radius 1 is 1.69 bits per heavy atom. The smallest absolute Gasteiger partial charge is 0.223 e. The van der Waals surface area contributed by atoms with E-state index in [1.165, 1.54) is 0 Å². The van der Waals surface area contributed by atoms with Crippen LogP contribution in [0.4, 0.5) is 0 Å². The lowest BCUT2D eigenvalue weighted by atomic mass is 10.4. The topological polar surface area (TPSA) is 44.1 Å². The second-order valence-corrected chi connectivity index (χ2v) is 2.84.